The van der Waals surface area contributed by atoms with Gasteiger partial charge in [-0.25, -0.2) is 0 Å². The van der Waals surface area contributed by atoms with Crippen LogP contribution in [0.5, 0.6) is 5.75 Å². The largest absolute Gasteiger partial charge is 0.508 e. The van der Waals surface area contributed by atoms with Crippen LogP contribution in [0.3, 0.4) is 0 Å². The first-order valence-corrected chi connectivity index (χ1v) is 7.46. The van der Waals surface area contributed by atoms with Crippen molar-refractivity contribution in [2.45, 2.75) is 31.7 Å². The predicted molar refractivity (Wildman–Crippen MR) is 75.0 cm³/mol. The number of likely N-dealkylation sites (tertiary alicyclic amines) is 1. The van der Waals surface area contributed by atoms with Crippen LogP contribution in [-0.4, -0.2) is 33.8 Å². The van der Waals surface area contributed by atoms with E-state index in [-0.39, 0.29) is 11.7 Å². The Bertz CT molecular complexity index is 422. The van der Waals surface area contributed by atoms with Gasteiger partial charge >= 0.3 is 0 Å². The zero-order valence-corrected chi connectivity index (χ0v) is 11.9. The Labute approximate surface area is 116 Å². The molecule has 1 aliphatic heterocycles. The minimum absolute atomic E-state index is 0.157. The highest BCUT2D eigenvalue weighted by Crippen LogP contribution is 2.20. The third-order valence-electron chi connectivity index (χ3n) is 3.39. The van der Waals surface area contributed by atoms with Crippen molar-refractivity contribution in [3.05, 3.63) is 29.8 Å². The second-order valence-corrected chi connectivity index (χ2v) is 5.39. The molecule has 1 fully saturated rings. The highest BCUT2D eigenvalue weighted by molar-refractivity contribution is 9.09. The van der Waals surface area contributed by atoms with Crippen LogP contribution in [0.2, 0.25) is 0 Å². The minimum atomic E-state index is 0.157. The lowest BCUT2D eigenvalue weighted by Gasteiger charge is -2.34. The maximum absolute atomic E-state index is 12.3. The van der Waals surface area contributed by atoms with Crippen molar-refractivity contribution in [2.75, 3.05) is 11.9 Å². The summed E-state index contributed by atoms with van der Waals surface area (Å²) in [5.74, 6) is 0.376. The third-order valence-corrected chi connectivity index (χ3v) is 4.14. The van der Waals surface area contributed by atoms with E-state index in [9.17, 15) is 9.90 Å². The molecule has 0 spiro atoms. The van der Waals surface area contributed by atoms with E-state index in [4.69, 9.17) is 0 Å². The van der Waals surface area contributed by atoms with Crippen molar-refractivity contribution in [3.8, 4) is 5.75 Å². The number of hydrogen-bond donors (Lipinski definition) is 1. The van der Waals surface area contributed by atoms with E-state index in [0.717, 1.165) is 30.3 Å². The van der Waals surface area contributed by atoms with Crippen LogP contribution in [-0.2, 0) is 11.2 Å². The molecule has 3 nitrogen and oxygen atoms in total. The van der Waals surface area contributed by atoms with Gasteiger partial charge in [-0.05, 0) is 37.0 Å². The molecule has 0 aromatic heterocycles. The summed E-state index contributed by atoms with van der Waals surface area (Å²) in [6, 6.07) is 7.26. The molecular weight excluding hydrogens is 294 g/mol. The van der Waals surface area contributed by atoms with E-state index in [2.05, 4.69) is 15.9 Å². The number of carbonyl (C=O) groups excluding carboxylic acids is 1. The van der Waals surface area contributed by atoms with Gasteiger partial charge < -0.3 is 10.0 Å². The molecule has 0 aliphatic carbocycles. The van der Waals surface area contributed by atoms with Crippen molar-refractivity contribution < 1.29 is 9.90 Å². The number of carbonyl (C=O) groups is 1. The van der Waals surface area contributed by atoms with Gasteiger partial charge in [-0.15, -0.1) is 0 Å². The number of rotatable bonds is 3. The van der Waals surface area contributed by atoms with Gasteiger partial charge in [0, 0.05) is 17.9 Å². The lowest BCUT2D eigenvalue weighted by Crippen LogP contribution is -2.45. The fourth-order valence-corrected chi connectivity index (χ4v) is 3.11. The number of piperidine rings is 1. The summed E-state index contributed by atoms with van der Waals surface area (Å²) in [7, 11) is 0. The van der Waals surface area contributed by atoms with Crippen LogP contribution in [0.4, 0.5) is 0 Å². The van der Waals surface area contributed by atoms with Gasteiger partial charge in [0.15, 0.2) is 0 Å². The van der Waals surface area contributed by atoms with Crippen LogP contribution in [0.15, 0.2) is 24.3 Å². The summed E-state index contributed by atoms with van der Waals surface area (Å²) in [4.78, 5) is 14.2. The average Bonchev–Trinajstić information content (AvgIpc) is 2.38. The highest BCUT2D eigenvalue weighted by Gasteiger charge is 2.25. The molecule has 1 unspecified atom stereocenters. The highest BCUT2D eigenvalue weighted by atomic mass is 79.9. The van der Waals surface area contributed by atoms with Gasteiger partial charge in [0.25, 0.3) is 0 Å². The van der Waals surface area contributed by atoms with Crippen molar-refractivity contribution in [3.63, 3.8) is 0 Å². The molecule has 98 valence electrons. The van der Waals surface area contributed by atoms with Gasteiger partial charge in [-0.1, -0.05) is 28.1 Å². The molecule has 1 aromatic rings. The molecule has 1 aliphatic rings. The predicted octanol–water partition coefficient (Wildman–Crippen LogP) is 2.71. The first-order chi connectivity index (χ1) is 8.70. The van der Waals surface area contributed by atoms with Crippen LogP contribution in [0.25, 0.3) is 0 Å². The Morgan fingerprint density at radius 3 is 3.00 bits per heavy atom. The summed E-state index contributed by atoms with van der Waals surface area (Å²) in [6.07, 6.45) is 3.75. The van der Waals surface area contributed by atoms with Crippen LogP contribution < -0.4 is 0 Å². The molecule has 1 amide bonds. The van der Waals surface area contributed by atoms with E-state index in [1.807, 2.05) is 11.0 Å². The lowest BCUT2D eigenvalue weighted by molar-refractivity contribution is -0.133. The number of phenols is 1. The number of nitrogens with zero attached hydrogens (tertiary/aromatic N) is 1. The maximum atomic E-state index is 12.3. The van der Waals surface area contributed by atoms with E-state index < -0.39 is 0 Å². The number of benzene rings is 1. The number of phenolic OH excluding ortho intramolecular Hbond substituents is 1. The topological polar surface area (TPSA) is 40.5 Å². The van der Waals surface area contributed by atoms with Crippen LogP contribution in [0.1, 0.15) is 24.8 Å². The molecule has 18 heavy (non-hydrogen) atoms. The fourth-order valence-electron chi connectivity index (χ4n) is 2.43. The average molecular weight is 312 g/mol. The Balaban J connectivity index is 2.02. The van der Waals surface area contributed by atoms with Gasteiger partial charge in [0.1, 0.15) is 5.75 Å². The van der Waals surface area contributed by atoms with Gasteiger partial charge in [0.2, 0.25) is 5.91 Å². The minimum Gasteiger partial charge on any atom is -0.508 e. The van der Waals surface area contributed by atoms with Crippen molar-refractivity contribution in [1.82, 2.24) is 4.90 Å². The number of amides is 1. The number of hydrogen-bond acceptors (Lipinski definition) is 2. The summed E-state index contributed by atoms with van der Waals surface area (Å²) < 4.78 is 0. The van der Waals surface area contributed by atoms with Crippen molar-refractivity contribution in [1.29, 1.82) is 0 Å². The molecule has 1 atom stereocenters. The maximum Gasteiger partial charge on any atom is 0.227 e. The standard InChI is InChI=1S/C14H18BrNO2/c15-10-12-5-1-2-7-16(12)14(18)9-11-4-3-6-13(17)8-11/h3-4,6,8,12,17H,1-2,5,7,9-10H2. The first kappa shape index (κ1) is 13.4. The molecule has 2 rings (SSSR count). The molecule has 1 N–H and O–H groups in total. The van der Waals surface area contributed by atoms with Crippen LogP contribution >= 0.6 is 15.9 Å². The van der Waals surface area contributed by atoms with Crippen molar-refractivity contribution in [2.24, 2.45) is 0 Å². The van der Waals surface area contributed by atoms with Gasteiger partial charge in [-0.3, -0.25) is 4.79 Å². The molecule has 4 heteroatoms. The summed E-state index contributed by atoms with van der Waals surface area (Å²) in [5.41, 5.74) is 0.874. The molecule has 1 aromatic carbocycles. The van der Waals surface area contributed by atoms with Crippen LogP contribution in [0, 0.1) is 0 Å². The summed E-state index contributed by atoms with van der Waals surface area (Å²) in [6.45, 7) is 0.855. The second kappa shape index (κ2) is 6.23. The molecular formula is C14H18BrNO2. The Kier molecular flexibility index (Phi) is 4.64. The number of halogens is 1. The quantitative estimate of drug-likeness (QED) is 0.872. The van der Waals surface area contributed by atoms with E-state index in [1.165, 1.54) is 6.42 Å². The zero-order valence-electron chi connectivity index (χ0n) is 10.3. The SMILES string of the molecule is O=C(Cc1cccc(O)c1)N1CCCCC1CBr. The second-order valence-electron chi connectivity index (χ2n) is 4.74. The molecule has 0 bridgehead atoms. The molecule has 1 heterocycles. The Morgan fingerprint density at radius 2 is 2.28 bits per heavy atom. The van der Waals surface area contributed by atoms with E-state index in [1.54, 1.807) is 18.2 Å². The lowest BCUT2D eigenvalue weighted by atomic mass is 10.0. The molecule has 1 saturated heterocycles. The Morgan fingerprint density at radius 1 is 1.44 bits per heavy atom. The third kappa shape index (κ3) is 3.25. The number of alkyl halides is 1. The van der Waals surface area contributed by atoms with Gasteiger partial charge in [0.05, 0.1) is 6.42 Å². The fraction of sp³-hybridized carbons (Fsp3) is 0.500. The van der Waals surface area contributed by atoms with E-state index in [0.29, 0.717) is 12.5 Å². The normalized spacial score (nSPS) is 19.8. The molecule has 0 saturated carbocycles. The summed E-state index contributed by atoms with van der Waals surface area (Å²) in [5, 5.41) is 10.2. The number of aromatic hydroxyl groups is 1. The smallest absolute Gasteiger partial charge is 0.227 e. The van der Waals surface area contributed by atoms with Crippen molar-refractivity contribution >= 4 is 21.8 Å². The summed E-state index contributed by atoms with van der Waals surface area (Å²) >= 11 is 3.48. The monoisotopic (exact) mass is 311 g/mol. The van der Waals surface area contributed by atoms with E-state index >= 15 is 0 Å². The van der Waals surface area contributed by atoms with Gasteiger partial charge in [-0.2, -0.15) is 0 Å². The Hall–Kier alpha value is -1.03. The molecule has 0 radical (unpaired) electrons. The first-order valence-electron chi connectivity index (χ1n) is 6.34. The zero-order chi connectivity index (χ0) is 13.0.